The largest absolute Gasteiger partial charge is 0.304 e. The third-order valence-corrected chi connectivity index (χ3v) is 5.04. The number of carbonyl (C=O) groups is 1. The molecule has 0 aliphatic rings. The number of nitrogens with zero attached hydrogens (tertiary/aromatic N) is 3. The van der Waals surface area contributed by atoms with Gasteiger partial charge >= 0.3 is 0 Å². The van der Waals surface area contributed by atoms with E-state index in [1.54, 1.807) is 6.07 Å². The molecule has 4 rings (SSSR count). The van der Waals surface area contributed by atoms with Gasteiger partial charge < -0.3 is 5.32 Å². The molecule has 0 spiro atoms. The number of halogens is 1. The van der Waals surface area contributed by atoms with Gasteiger partial charge in [0.2, 0.25) is 0 Å². The number of aromatic amines is 1. The second kappa shape index (κ2) is 7.93. The van der Waals surface area contributed by atoms with Crippen molar-refractivity contribution in [1.82, 2.24) is 20.0 Å². The molecule has 0 aliphatic carbocycles. The summed E-state index contributed by atoms with van der Waals surface area (Å²) >= 11 is 6.24. The van der Waals surface area contributed by atoms with Crippen molar-refractivity contribution in [3.63, 3.8) is 0 Å². The van der Waals surface area contributed by atoms with Crippen LogP contribution in [0.4, 0.5) is 5.82 Å². The molecule has 0 saturated heterocycles. The fourth-order valence-electron chi connectivity index (χ4n) is 3.01. The number of H-pyrrole nitrogens is 1. The summed E-state index contributed by atoms with van der Waals surface area (Å²) in [7, 11) is 0. The number of hydrogen-bond donors (Lipinski definition) is 2. The molecule has 0 saturated carbocycles. The summed E-state index contributed by atoms with van der Waals surface area (Å²) in [6, 6.07) is 19.2. The first-order valence-corrected chi connectivity index (χ1v) is 9.59. The summed E-state index contributed by atoms with van der Waals surface area (Å²) in [4.78, 5) is 12.6. The highest BCUT2D eigenvalue weighted by molar-refractivity contribution is 6.31. The Labute approximate surface area is 173 Å². The Hall–Kier alpha value is -3.38. The molecule has 146 valence electrons. The van der Waals surface area contributed by atoms with Gasteiger partial charge in [0.25, 0.3) is 5.91 Å². The maximum atomic E-state index is 12.6. The van der Waals surface area contributed by atoms with Crippen LogP contribution in [0.3, 0.4) is 0 Å². The lowest BCUT2D eigenvalue weighted by Crippen LogP contribution is -2.13. The topological polar surface area (TPSA) is 75.6 Å². The quantitative estimate of drug-likeness (QED) is 0.498. The van der Waals surface area contributed by atoms with E-state index in [0.29, 0.717) is 23.1 Å². The van der Waals surface area contributed by atoms with Gasteiger partial charge in [-0.2, -0.15) is 10.2 Å². The van der Waals surface area contributed by atoms with E-state index in [1.807, 2.05) is 73.1 Å². The molecule has 0 radical (unpaired) electrons. The Morgan fingerprint density at radius 2 is 1.86 bits per heavy atom. The molecule has 0 bridgehead atoms. The summed E-state index contributed by atoms with van der Waals surface area (Å²) in [5, 5.41) is 15.0. The van der Waals surface area contributed by atoms with Crippen LogP contribution in [0, 0.1) is 13.8 Å². The third kappa shape index (κ3) is 4.22. The molecule has 7 heteroatoms. The highest BCUT2D eigenvalue weighted by Crippen LogP contribution is 2.20. The summed E-state index contributed by atoms with van der Waals surface area (Å²) in [5.41, 5.74) is 5.10. The third-order valence-electron chi connectivity index (χ3n) is 4.67. The molecule has 2 aromatic carbocycles. The highest BCUT2D eigenvalue weighted by Gasteiger charge is 2.14. The van der Waals surface area contributed by atoms with Gasteiger partial charge in [0.15, 0.2) is 5.82 Å². The van der Waals surface area contributed by atoms with Gasteiger partial charge in [-0.15, -0.1) is 0 Å². The zero-order valence-corrected chi connectivity index (χ0v) is 16.9. The van der Waals surface area contributed by atoms with Crippen molar-refractivity contribution < 1.29 is 4.79 Å². The summed E-state index contributed by atoms with van der Waals surface area (Å²) in [6.07, 6.45) is 0. The van der Waals surface area contributed by atoms with Gasteiger partial charge in [-0.1, -0.05) is 59.6 Å². The zero-order valence-electron chi connectivity index (χ0n) is 16.1. The number of carbonyl (C=O) groups excluding carboxylic acids is 1. The Balaban J connectivity index is 1.48. The van der Waals surface area contributed by atoms with E-state index in [4.69, 9.17) is 11.6 Å². The predicted octanol–water partition coefficient (Wildman–Crippen LogP) is 4.84. The molecule has 2 aromatic heterocycles. The Kier molecular flexibility index (Phi) is 5.18. The Morgan fingerprint density at radius 1 is 1.10 bits per heavy atom. The van der Waals surface area contributed by atoms with Crippen molar-refractivity contribution in [2.45, 2.75) is 20.4 Å². The van der Waals surface area contributed by atoms with E-state index in [-0.39, 0.29) is 5.91 Å². The van der Waals surface area contributed by atoms with Gasteiger partial charge in [0, 0.05) is 22.3 Å². The van der Waals surface area contributed by atoms with Crippen LogP contribution in [0.2, 0.25) is 5.02 Å². The molecule has 2 heterocycles. The number of hydrogen-bond acceptors (Lipinski definition) is 3. The normalized spacial score (nSPS) is 10.9. The number of rotatable bonds is 5. The van der Waals surface area contributed by atoms with Crippen LogP contribution < -0.4 is 5.32 Å². The second-order valence-electron chi connectivity index (χ2n) is 6.91. The van der Waals surface area contributed by atoms with E-state index in [2.05, 4.69) is 20.6 Å². The highest BCUT2D eigenvalue weighted by atomic mass is 35.5. The first-order valence-electron chi connectivity index (χ1n) is 9.21. The standard InChI is InChI=1S/C22H20ClN5O/c1-14-7-9-16(10-8-14)19-12-20(26-25-19)22(29)24-21-11-15(2)28(27-21)13-17-5-3-4-6-18(17)23/h3-12H,13H2,1-2H3,(H,25,26)(H,24,27,29). The monoisotopic (exact) mass is 405 g/mol. The van der Waals surface area contributed by atoms with Crippen LogP contribution >= 0.6 is 11.6 Å². The van der Waals surface area contributed by atoms with Crippen molar-refractivity contribution in [3.05, 3.63) is 88.2 Å². The molecule has 0 unspecified atom stereocenters. The van der Waals surface area contributed by atoms with Crippen LogP contribution in [0.25, 0.3) is 11.3 Å². The van der Waals surface area contributed by atoms with Crippen LogP contribution in [0.15, 0.2) is 60.7 Å². The van der Waals surface area contributed by atoms with Crippen LogP contribution in [-0.2, 0) is 6.54 Å². The van der Waals surface area contributed by atoms with E-state index >= 15 is 0 Å². The molecule has 29 heavy (non-hydrogen) atoms. The average molecular weight is 406 g/mol. The first-order chi connectivity index (χ1) is 14.0. The summed E-state index contributed by atoms with van der Waals surface area (Å²) < 4.78 is 1.81. The lowest BCUT2D eigenvalue weighted by molar-refractivity contribution is 0.102. The molecular formula is C22H20ClN5O. The minimum absolute atomic E-state index is 0.293. The van der Waals surface area contributed by atoms with E-state index in [1.165, 1.54) is 5.56 Å². The zero-order chi connectivity index (χ0) is 20.4. The lowest BCUT2D eigenvalue weighted by atomic mass is 10.1. The number of benzene rings is 2. The van der Waals surface area contributed by atoms with Crippen molar-refractivity contribution in [1.29, 1.82) is 0 Å². The fraction of sp³-hybridized carbons (Fsp3) is 0.136. The molecule has 0 fully saturated rings. The smallest absolute Gasteiger partial charge is 0.274 e. The molecule has 1 amide bonds. The molecule has 4 aromatic rings. The van der Waals surface area contributed by atoms with E-state index in [0.717, 1.165) is 22.5 Å². The number of nitrogens with one attached hydrogen (secondary N) is 2. The summed E-state index contributed by atoms with van der Waals surface area (Å²) in [5.74, 6) is 0.185. The molecule has 0 aliphatic heterocycles. The maximum absolute atomic E-state index is 12.6. The van der Waals surface area contributed by atoms with Crippen molar-refractivity contribution in [2.24, 2.45) is 0 Å². The molecule has 2 N–H and O–H groups in total. The van der Waals surface area contributed by atoms with Gasteiger partial charge in [0.1, 0.15) is 5.69 Å². The fourth-order valence-corrected chi connectivity index (χ4v) is 3.21. The van der Waals surface area contributed by atoms with Crippen LogP contribution in [-0.4, -0.2) is 25.9 Å². The molecule has 6 nitrogen and oxygen atoms in total. The van der Waals surface area contributed by atoms with Crippen LogP contribution in [0.5, 0.6) is 0 Å². The van der Waals surface area contributed by atoms with Gasteiger partial charge in [-0.3, -0.25) is 14.6 Å². The van der Waals surface area contributed by atoms with Crippen LogP contribution in [0.1, 0.15) is 27.3 Å². The number of aryl methyl sites for hydroxylation is 2. The van der Waals surface area contributed by atoms with Crippen molar-refractivity contribution in [2.75, 3.05) is 5.32 Å². The van der Waals surface area contributed by atoms with Gasteiger partial charge in [0.05, 0.1) is 12.2 Å². The summed E-state index contributed by atoms with van der Waals surface area (Å²) in [6.45, 7) is 4.49. The van der Waals surface area contributed by atoms with E-state index in [9.17, 15) is 4.79 Å². The molecular weight excluding hydrogens is 386 g/mol. The second-order valence-corrected chi connectivity index (χ2v) is 7.31. The van der Waals surface area contributed by atoms with E-state index < -0.39 is 0 Å². The van der Waals surface area contributed by atoms with Gasteiger partial charge in [-0.05, 0) is 31.5 Å². The average Bonchev–Trinajstić information content (AvgIpc) is 3.32. The number of anilines is 1. The minimum Gasteiger partial charge on any atom is -0.304 e. The maximum Gasteiger partial charge on any atom is 0.274 e. The SMILES string of the molecule is Cc1ccc(-c2cc(C(=O)Nc3cc(C)n(Cc4ccccc4Cl)n3)[nH]n2)cc1. The minimum atomic E-state index is -0.293. The van der Waals surface area contributed by atoms with Crippen molar-refractivity contribution >= 4 is 23.3 Å². The lowest BCUT2D eigenvalue weighted by Gasteiger charge is -2.06. The Morgan fingerprint density at radius 3 is 2.62 bits per heavy atom. The Bertz CT molecular complexity index is 1160. The van der Waals surface area contributed by atoms with Crippen molar-refractivity contribution in [3.8, 4) is 11.3 Å². The predicted molar refractivity (Wildman–Crippen MR) is 114 cm³/mol. The number of aromatic nitrogens is 4. The number of amides is 1. The first kappa shape index (κ1) is 19.0. The van der Waals surface area contributed by atoms with Gasteiger partial charge in [-0.25, -0.2) is 0 Å². The molecule has 0 atom stereocenters.